The molecule has 1 aliphatic rings. The predicted octanol–water partition coefficient (Wildman–Crippen LogP) is 4.73. The topological polar surface area (TPSA) is 26.3 Å². The Morgan fingerprint density at radius 2 is 1.80 bits per heavy atom. The lowest BCUT2D eigenvalue weighted by molar-refractivity contribution is 0.0819. The van der Waals surface area contributed by atoms with Gasteiger partial charge in [-0.25, -0.2) is 0 Å². The maximum Gasteiger partial charge on any atom is 0.166 e. The molecule has 0 bridgehead atoms. The fourth-order valence-corrected chi connectivity index (χ4v) is 3.23. The zero-order chi connectivity index (χ0) is 14.8. The Bertz CT molecular complexity index is 463. The molecule has 1 saturated carbocycles. The third kappa shape index (κ3) is 3.41. The van der Waals surface area contributed by atoms with Gasteiger partial charge in [0.25, 0.3) is 0 Å². The summed E-state index contributed by atoms with van der Waals surface area (Å²) in [5.74, 6) is 1.99. The largest absolute Gasteiger partial charge is 0.497 e. The number of Topliss-reactive ketones (excluding diaryl/α,β-unsaturated/α-hetero) is 1. The van der Waals surface area contributed by atoms with Gasteiger partial charge in [0.1, 0.15) is 5.75 Å². The number of methoxy groups -OCH3 is 1. The average molecular weight is 274 g/mol. The molecule has 1 fully saturated rings. The van der Waals surface area contributed by atoms with Crippen LogP contribution in [0.4, 0.5) is 0 Å². The Balaban J connectivity index is 2.01. The van der Waals surface area contributed by atoms with E-state index in [2.05, 4.69) is 20.8 Å². The summed E-state index contributed by atoms with van der Waals surface area (Å²) in [6, 6.07) is 7.54. The summed E-state index contributed by atoms with van der Waals surface area (Å²) in [4.78, 5) is 12.6. The van der Waals surface area contributed by atoms with Gasteiger partial charge in [-0.3, -0.25) is 4.79 Å². The fourth-order valence-electron chi connectivity index (χ4n) is 3.23. The Hall–Kier alpha value is -1.31. The van der Waals surface area contributed by atoms with Crippen LogP contribution in [0.1, 0.15) is 56.8 Å². The summed E-state index contributed by atoms with van der Waals surface area (Å²) in [5.41, 5.74) is 1.16. The Labute approximate surface area is 122 Å². The molecular formula is C18H26O2. The minimum atomic E-state index is 0.195. The maximum atomic E-state index is 12.6. The lowest BCUT2D eigenvalue weighted by Crippen LogP contribution is -2.28. The molecule has 0 atom stereocenters. The van der Waals surface area contributed by atoms with Gasteiger partial charge in [0.05, 0.1) is 7.11 Å². The first-order valence-electron chi connectivity index (χ1n) is 7.60. The smallest absolute Gasteiger partial charge is 0.166 e. The molecular weight excluding hydrogens is 248 g/mol. The standard InChI is InChI=1S/C18H26O2/c1-18(2,3)15-10-8-13(9-11-15)17(19)14-6-5-7-16(12-14)20-4/h5-7,12-13,15H,8-11H2,1-4H3. The van der Waals surface area contributed by atoms with Crippen molar-refractivity contribution in [2.24, 2.45) is 17.3 Å². The van der Waals surface area contributed by atoms with Gasteiger partial charge in [0.15, 0.2) is 5.78 Å². The van der Waals surface area contributed by atoms with E-state index >= 15 is 0 Å². The van der Waals surface area contributed by atoms with Crippen molar-refractivity contribution in [3.8, 4) is 5.75 Å². The van der Waals surface area contributed by atoms with Gasteiger partial charge in [-0.15, -0.1) is 0 Å². The summed E-state index contributed by atoms with van der Waals surface area (Å²) in [7, 11) is 1.64. The molecule has 2 nitrogen and oxygen atoms in total. The maximum absolute atomic E-state index is 12.6. The van der Waals surface area contributed by atoms with Crippen molar-refractivity contribution < 1.29 is 9.53 Å². The van der Waals surface area contributed by atoms with Gasteiger partial charge in [0, 0.05) is 11.5 Å². The van der Waals surface area contributed by atoms with Crippen LogP contribution < -0.4 is 4.74 Å². The number of hydrogen-bond acceptors (Lipinski definition) is 2. The quantitative estimate of drug-likeness (QED) is 0.745. The zero-order valence-electron chi connectivity index (χ0n) is 13.1. The molecule has 20 heavy (non-hydrogen) atoms. The molecule has 0 saturated heterocycles. The minimum Gasteiger partial charge on any atom is -0.497 e. The first-order valence-corrected chi connectivity index (χ1v) is 7.60. The van der Waals surface area contributed by atoms with E-state index < -0.39 is 0 Å². The molecule has 1 aliphatic carbocycles. The normalized spacial score (nSPS) is 23.4. The minimum absolute atomic E-state index is 0.195. The average Bonchev–Trinajstić information content (AvgIpc) is 2.46. The summed E-state index contributed by atoms with van der Waals surface area (Å²) in [6.45, 7) is 6.92. The highest BCUT2D eigenvalue weighted by Crippen LogP contribution is 2.40. The van der Waals surface area contributed by atoms with Crippen LogP contribution in [0.2, 0.25) is 0 Å². The molecule has 0 unspecified atom stereocenters. The molecule has 2 heteroatoms. The Morgan fingerprint density at radius 1 is 1.15 bits per heavy atom. The second-order valence-corrected chi connectivity index (χ2v) is 7.01. The SMILES string of the molecule is COc1cccc(C(=O)C2CCC(C(C)(C)C)CC2)c1. The number of ketones is 1. The molecule has 0 heterocycles. The van der Waals surface area contributed by atoms with Gasteiger partial charge in [-0.05, 0) is 49.1 Å². The predicted molar refractivity (Wildman–Crippen MR) is 82.2 cm³/mol. The van der Waals surface area contributed by atoms with Gasteiger partial charge in [0.2, 0.25) is 0 Å². The molecule has 0 aliphatic heterocycles. The van der Waals surface area contributed by atoms with Crippen LogP contribution in [0, 0.1) is 17.3 Å². The van der Waals surface area contributed by atoms with Crippen molar-refractivity contribution in [1.29, 1.82) is 0 Å². The van der Waals surface area contributed by atoms with E-state index in [0.29, 0.717) is 5.41 Å². The number of hydrogen-bond donors (Lipinski definition) is 0. The van der Waals surface area contributed by atoms with Crippen LogP contribution in [0.15, 0.2) is 24.3 Å². The molecule has 0 aromatic heterocycles. The van der Waals surface area contributed by atoms with Crippen molar-refractivity contribution in [3.63, 3.8) is 0 Å². The number of carbonyl (C=O) groups is 1. The van der Waals surface area contributed by atoms with E-state index in [9.17, 15) is 4.79 Å². The third-order valence-electron chi connectivity index (χ3n) is 4.68. The fraction of sp³-hybridized carbons (Fsp3) is 0.611. The second-order valence-electron chi connectivity index (χ2n) is 7.01. The summed E-state index contributed by atoms with van der Waals surface area (Å²) >= 11 is 0. The van der Waals surface area contributed by atoms with E-state index in [1.165, 1.54) is 12.8 Å². The van der Waals surface area contributed by atoms with Crippen molar-refractivity contribution in [1.82, 2.24) is 0 Å². The molecule has 110 valence electrons. The van der Waals surface area contributed by atoms with Crippen LogP contribution in [-0.4, -0.2) is 12.9 Å². The van der Waals surface area contributed by atoms with Crippen LogP contribution in [0.5, 0.6) is 5.75 Å². The molecule has 0 N–H and O–H groups in total. The van der Waals surface area contributed by atoms with Crippen molar-refractivity contribution in [2.75, 3.05) is 7.11 Å². The van der Waals surface area contributed by atoms with Crippen molar-refractivity contribution >= 4 is 5.78 Å². The number of benzene rings is 1. The van der Waals surface area contributed by atoms with Crippen LogP contribution in [0.3, 0.4) is 0 Å². The van der Waals surface area contributed by atoms with Crippen LogP contribution in [-0.2, 0) is 0 Å². The molecule has 0 spiro atoms. The van der Waals surface area contributed by atoms with Gasteiger partial charge in [-0.2, -0.15) is 0 Å². The van der Waals surface area contributed by atoms with Crippen molar-refractivity contribution in [3.05, 3.63) is 29.8 Å². The van der Waals surface area contributed by atoms with Crippen molar-refractivity contribution in [2.45, 2.75) is 46.5 Å². The molecule has 2 rings (SSSR count). The highest BCUT2D eigenvalue weighted by Gasteiger charge is 2.32. The highest BCUT2D eigenvalue weighted by atomic mass is 16.5. The van der Waals surface area contributed by atoms with E-state index in [1.807, 2.05) is 24.3 Å². The molecule has 1 aromatic carbocycles. The second kappa shape index (κ2) is 5.99. The Morgan fingerprint density at radius 3 is 2.35 bits per heavy atom. The monoisotopic (exact) mass is 274 g/mol. The van der Waals surface area contributed by atoms with Gasteiger partial charge < -0.3 is 4.74 Å². The van der Waals surface area contributed by atoms with Crippen LogP contribution in [0.25, 0.3) is 0 Å². The third-order valence-corrected chi connectivity index (χ3v) is 4.68. The first kappa shape index (κ1) is 15.1. The summed E-state index contributed by atoms with van der Waals surface area (Å²) in [6.07, 6.45) is 4.39. The van der Waals surface area contributed by atoms with E-state index in [4.69, 9.17) is 4.74 Å². The van der Waals surface area contributed by atoms with E-state index in [0.717, 1.165) is 30.1 Å². The summed E-state index contributed by atoms with van der Waals surface area (Å²) in [5, 5.41) is 0. The zero-order valence-corrected chi connectivity index (χ0v) is 13.1. The van der Waals surface area contributed by atoms with E-state index in [-0.39, 0.29) is 11.7 Å². The lowest BCUT2D eigenvalue weighted by Gasteiger charge is -2.36. The Kier molecular flexibility index (Phi) is 4.52. The van der Waals surface area contributed by atoms with E-state index in [1.54, 1.807) is 7.11 Å². The van der Waals surface area contributed by atoms with Gasteiger partial charge in [-0.1, -0.05) is 32.9 Å². The lowest BCUT2D eigenvalue weighted by atomic mass is 9.69. The number of carbonyl (C=O) groups excluding carboxylic acids is 1. The van der Waals surface area contributed by atoms with Gasteiger partial charge >= 0.3 is 0 Å². The molecule has 1 aromatic rings. The number of ether oxygens (including phenoxy) is 1. The molecule has 0 amide bonds. The molecule has 0 radical (unpaired) electrons. The number of rotatable bonds is 3. The first-order chi connectivity index (χ1) is 9.41. The summed E-state index contributed by atoms with van der Waals surface area (Å²) < 4.78 is 5.20. The van der Waals surface area contributed by atoms with Crippen LogP contribution >= 0.6 is 0 Å². The highest BCUT2D eigenvalue weighted by molar-refractivity contribution is 5.98.